The van der Waals surface area contributed by atoms with E-state index in [1.807, 2.05) is 0 Å². The van der Waals surface area contributed by atoms with Crippen molar-refractivity contribution in [1.82, 2.24) is 0 Å². The van der Waals surface area contributed by atoms with Crippen molar-refractivity contribution in [2.24, 2.45) is 22.2 Å². The first-order valence-corrected chi connectivity index (χ1v) is 7.96. The fourth-order valence-electron chi connectivity index (χ4n) is 5.04. The van der Waals surface area contributed by atoms with Crippen LogP contribution in [0.5, 0.6) is 0 Å². The molecule has 0 radical (unpaired) electrons. The number of hydrogen-bond donors (Lipinski definition) is 0. The summed E-state index contributed by atoms with van der Waals surface area (Å²) in [5, 5.41) is 0. The van der Waals surface area contributed by atoms with Gasteiger partial charge >= 0.3 is 0 Å². The summed E-state index contributed by atoms with van der Waals surface area (Å²) in [6.45, 7) is 4.86. The summed E-state index contributed by atoms with van der Waals surface area (Å²) in [6.07, 6.45) is 14.6. The number of fused-ring (bicyclic) bond motifs is 3. The van der Waals surface area contributed by atoms with Crippen molar-refractivity contribution < 1.29 is 4.79 Å². The summed E-state index contributed by atoms with van der Waals surface area (Å²) in [7, 11) is 0. The highest BCUT2D eigenvalue weighted by Gasteiger charge is 2.52. The Kier molecular flexibility index (Phi) is 2.88. The van der Waals surface area contributed by atoms with Crippen molar-refractivity contribution in [1.29, 1.82) is 0 Å². The van der Waals surface area contributed by atoms with Gasteiger partial charge in [0.15, 0.2) is 0 Å². The van der Waals surface area contributed by atoms with E-state index in [9.17, 15) is 4.79 Å². The van der Waals surface area contributed by atoms with Crippen molar-refractivity contribution in [3.63, 3.8) is 0 Å². The second-order valence-corrected chi connectivity index (χ2v) is 8.28. The average Bonchev–Trinajstić information content (AvgIpc) is 2.40. The molecular weight excluding hydrogens is 220 g/mol. The van der Waals surface area contributed by atoms with E-state index in [-0.39, 0.29) is 5.41 Å². The van der Waals surface area contributed by atoms with E-state index in [2.05, 4.69) is 13.8 Å². The highest BCUT2D eigenvalue weighted by atomic mass is 16.1. The van der Waals surface area contributed by atoms with E-state index < -0.39 is 0 Å². The standard InChI is InChI=1S/C17H28O/c1-15(2)5-3-14(4-6-15)17-10-7-16(13-18,8-11-17)9-12-17/h13-14H,3-12H2,1-2H3. The van der Waals surface area contributed by atoms with Crippen molar-refractivity contribution in [2.75, 3.05) is 0 Å². The van der Waals surface area contributed by atoms with Gasteiger partial charge in [-0.1, -0.05) is 13.8 Å². The van der Waals surface area contributed by atoms with Gasteiger partial charge in [0.25, 0.3) is 0 Å². The van der Waals surface area contributed by atoms with Gasteiger partial charge in [0.2, 0.25) is 0 Å². The molecule has 0 N–H and O–H groups in total. The Morgan fingerprint density at radius 3 is 1.78 bits per heavy atom. The maximum Gasteiger partial charge on any atom is 0.126 e. The molecule has 0 atom stereocenters. The second-order valence-electron chi connectivity index (χ2n) is 8.28. The summed E-state index contributed by atoms with van der Waals surface area (Å²) in [4.78, 5) is 11.3. The van der Waals surface area contributed by atoms with E-state index in [1.54, 1.807) is 0 Å². The molecule has 0 aromatic heterocycles. The van der Waals surface area contributed by atoms with E-state index >= 15 is 0 Å². The Bertz CT molecular complexity index is 307. The smallest absolute Gasteiger partial charge is 0.126 e. The van der Waals surface area contributed by atoms with Gasteiger partial charge in [-0.25, -0.2) is 0 Å². The van der Waals surface area contributed by atoms with Crippen LogP contribution in [-0.2, 0) is 4.79 Å². The van der Waals surface area contributed by atoms with Crippen molar-refractivity contribution in [3.8, 4) is 0 Å². The van der Waals surface area contributed by atoms with Crippen LogP contribution in [0.2, 0.25) is 0 Å². The Morgan fingerprint density at radius 2 is 1.33 bits per heavy atom. The van der Waals surface area contributed by atoms with Crippen molar-refractivity contribution >= 4 is 6.29 Å². The summed E-state index contributed by atoms with van der Waals surface area (Å²) >= 11 is 0. The molecule has 4 rings (SSSR count). The molecule has 0 aromatic carbocycles. The van der Waals surface area contributed by atoms with E-state index in [0.29, 0.717) is 10.8 Å². The Hall–Kier alpha value is -0.330. The normalized spacial score (nSPS) is 43.9. The minimum absolute atomic E-state index is 0.107. The number of aldehydes is 1. The van der Waals surface area contributed by atoms with Gasteiger partial charge in [0.05, 0.1) is 0 Å². The third kappa shape index (κ3) is 1.94. The van der Waals surface area contributed by atoms with Gasteiger partial charge in [-0.3, -0.25) is 0 Å². The highest BCUT2D eigenvalue weighted by molar-refractivity contribution is 5.60. The van der Waals surface area contributed by atoms with Crippen LogP contribution in [0.1, 0.15) is 78.1 Å². The SMILES string of the molecule is CC1(C)CCC(C23CCC(C=O)(CC2)CC3)CC1. The molecule has 4 aliphatic rings. The summed E-state index contributed by atoms with van der Waals surface area (Å²) in [5.41, 5.74) is 1.33. The predicted molar refractivity (Wildman–Crippen MR) is 74.4 cm³/mol. The topological polar surface area (TPSA) is 17.1 Å². The average molecular weight is 248 g/mol. The van der Waals surface area contributed by atoms with Crippen LogP contribution in [0.25, 0.3) is 0 Å². The van der Waals surface area contributed by atoms with Gasteiger partial charge in [-0.05, 0) is 81.0 Å². The van der Waals surface area contributed by atoms with Gasteiger partial charge < -0.3 is 4.79 Å². The zero-order valence-electron chi connectivity index (χ0n) is 12.1. The van der Waals surface area contributed by atoms with Crippen molar-refractivity contribution in [3.05, 3.63) is 0 Å². The number of carbonyl (C=O) groups is 1. The lowest BCUT2D eigenvalue weighted by molar-refractivity contribution is -0.129. The second kappa shape index (κ2) is 4.08. The molecular formula is C17H28O. The lowest BCUT2D eigenvalue weighted by atomic mass is 9.48. The molecule has 0 unspecified atom stereocenters. The Labute approximate surface area is 112 Å². The van der Waals surface area contributed by atoms with Crippen LogP contribution < -0.4 is 0 Å². The first kappa shape index (κ1) is 12.7. The molecule has 102 valence electrons. The van der Waals surface area contributed by atoms with E-state index in [0.717, 1.165) is 5.92 Å². The van der Waals surface area contributed by atoms with Crippen LogP contribution in [0, 0.1) is 22.2 Å². The third-order valence-corrected chi connectivity index (χ3v) is 6.82. The molecule has 4 fully saturated rings. The summed E-state index contributed by atoms with van der Waals surface area (Å²) in [6, 6.07) is 0. The molecule has 0 aliphatic heterocycles. The van der Waals surface area contributed by atoms with Gasteiger partial charge in [0.1, 0.15) is 6.29 Å². The quantitative estimate of drug-likeness (QED) is 0.645. The van der Waals surface area contributed by atoms with Gasteiger partial charge in [0, 0.05) is 5.41 Å². The number of hydrogen-bond acceptors (Lipinski definition) is 1. The molecule has 1 nitrogen and oxygen atoms in total. The Balaban J connectivity index is 1.69. The molecule has 4 saturated carbocycles. The molecule has 0 amide bonds. The largest absolute Gasteiger partial charge is 0.303 e. The minimum Gasteiger partial charge on any atom is -0.303 e. The van der Waals surface area contributed by atoms with Gasteiger partial charge in [-0.15, -0.1) is 0 Å². The van der Waals surface area contributed by atoms with Crippen LogP contribution >= 0.6 is 0 Å². The third-order valence-electron chi connectivity index (χ3n) is 6.82. The van der Waals surface area contributed by atoms with Crippen LogP contribution in [-0.4, -0.2) is 6.29 Å². The Morgan fingerprint density at radius 1 is 0.833 bits per heavy atom. The van der Waals surface area contributed by atoms with Crippen LogP contribution in [0.15, 0.2) is 0 Å². The summed E-state index contributed by atoms with van der Waals surface area (Å²) < 4.78 is 0. The maximum atomic E-state index is 11.3. The molecule has 0 aromatic rings. The van der Waals surface area contributed by atoms with E-state index in [4.69, 9.17) is 0 Å². The number of carbonyl (C=O) groups excluding carboxylic acids is 1. The lowest BCUT2D eigenvalue weighted by Gasteiger charge is -2.56. The minimum atomic E-state index is 0.107. The van der Waals surface area contributed by atoms with Gasteiger partial charge in [-0.2, -0.15) is 0 Å². The van der Waals surface area contributed by atoms with Crippen LogP contribution in [0.3, 0.4) is 0 Å². The lowest BCUT2D eigenvalue weighted by Crippen LogP contribution is -2.47. The zero-order chi connectivity index (χ0) is 12.9. The number of rotatable bonds is 2. The molecule has 0 saturated heterocycles. The first-order valence-electron chi connectivity index (χ1n) is 7.96. The maximum absolute atomic E-state index is 11.3. The molecule has 2 bridgehead atoms. The first-order chi connectivity index (χ1) is 8.49. The molecule has 0 heterocycles. The highest BCUT2D eigenvalue weighted by Crippen LogP contribution is 2.62. The van der Waals surface area contributed by atoms with Crippen molar-refractivity contribution in [2.45, 2.75) is 78.1 Å². The van der Waals surface area contributed by atoms with Crippen LogP contribution in [0.4, 0.5) is 0 Å². The molecule has 4 aliphatic carbocycles. The molecule has 1 heteroatoms. The zero-order valence-corrected chi connectivity index (χ0v) is 12.1. The monoisotopic (exact) mass is 248 g/mol. The summed E-state index contributed by atoms with van der Waals surface area (Å²) in [5.74, 6) is 0.968. The van der Waals surface area contributed by atoms with E-state index in [1.165, 1.54) is 70.5 Å². The fourth-order valence-corrected chi connectivity index (χ4v) is 5.04. The fraction of sp³-hybridized carbons (Fsp3) is 0.941. The molecule has 0 spiro atoms. The predicted octanol–water partition coefficient (Wildman–Crippen LogP) is 4.74. The molecule has 18 heavy (non-hydrogen) atoms.